The summed E-state index contributed by atoms with van der Waals surface area (Å²) in [5.41, 5.74) is 3.98. The maximum Gasteiger partial charge on any atom is 0.0870 e. The Morgan fingerprint density at radius 2 is 1.00 bits per heavy atom. The highest BCUT2D eigenvalue weighted by atomic mass is 32.2. The summed E-state index contributed by atoms with van der Waals surface area (Å²) in [5, 5.41) is 0. The number of thioether (sulfide) groups is 1. The van der Waals surface area contributed by atoms with Gasteiger partial charge >= 0.3 is 0 Å². The largest absolute Gasteiger partial charge is 0.0985 e. The molecular formula is C23H24SSi. The molecule has 0 saturated carbocycles. The Hall–Kier alpha value is -2.03. The number of rotatable bonds is 5. The van der Waals surface area contributed by atoms with Crippen molar-refractivity contribution in [2.45, 2.75) is 24.5 Å². The van der Waals surface area contributed by atoms with Crippen molar-refractivity contribution in [2.24, 2.45) is 0 Å². The number of benzene rings is 3. The van der Waals surface area contributed by atoms with Crippen LogP contribution in [-0.2, 0) is 0 Å². The SMILES string of the molecule is C[Si](C)(C)C(Sc1ccccc1)=C(c1ccccc1)c1ccccc1. The molecule has 0 radical (unpaired) electrons. The van der Waals surface area contributed by atoms with Crippen LogP contribution < -0.4 is 0 Å². The third-order valence-corrected chi connectivity index (χ3v) is 8.67. The van der Waals surface area contributed by atoms with E-state index in [1.165, 1.54) is 26.1 Å². The van der Waals surface area contributed by atoms with Crippen LogP contribution in [0.5, 0.6) is 0 Å². The van der Waals surface area contributed by atoms with Crippen LogP contribution in [0.1, 0.15) is 11.1 Å². The lowest BCUT2D eigenvalue weighted by Gasteiger charge is -2.26. The molecule has 0 aliphatic carbocycles. The van der Waals surface area contributed by atoms with E-state index in [9.17, 15) is 0 Å². The van der Waals surface area contributed by atoms with E-state index in [-0.39, 0.29) is 0 Å². The van der Waals surface area contributed by atoms with Crippen molar-refractivity contribution >= 4 is 25.4 Å². The summed E-state index contributed by atoms with van der Waals surface area (Å²) in [6.07, 6.45) is 0. The van der Waals surface area contributed by atoms with Gasteiger partial charge in [0.1, 0.15) is 0 Å². The molecule has 126 valence electrons. The van der Waals surface area contributed by atoms with Gasteiger partial charge in [-0.05, 0) is 33.4 Å². The summed E-state index contributed by atoms with van der Waals surface area (Å²) >= 11 is 1.93. The summed E-state index contributed by atoms with van der Waals surface area (Å²) in [4.78, 5) is 1.31. The van der Waals surface area contributed by atoms with Crippen molar-refractivity contribution in [3.05, 3.63) is 107 Å². The quantitative estimate of drug-likeness (QED) is 0.345. The normalized spacial score (nSPS) is 11.2. The van der Waals surface area contributed by atoms with E-state index in [1.807, 2.05) is 11.8 Å². The monoisotopic (exact) mass is 360 g/mol. The van der Waals surface area contributed by atoms with Crippen LogP contribution in [0, 0.1) is 0 Å². The van der Waals surface area contributed by atoms with Gasteiger partial charge in [0.15, 0.2) is 0 Å². The van der Waals surface area contributed by atoms with Crippen LogP contribution in [0.25, 0.3) is 5.57 Å². The molecule has 3 rings (SSSR count). The van der Waals surface area contributed by atoms with Crippen LogP contribution in [0.3, 0.4) is 0 Å². The fourth-order valence-corrected chi connectivity index (χ4v) is 6.31. The lowest BCUT2D eigenvalue weighted by atomic mass is 10.00. The molecular weight excluding hydrogens is 336 g/mol. The Bertz CT molecular complexity index is 790. The van der Waals surface area contributed by atoms with E-state index >= 15 is 0 Å². The summed E-state index contributed by atoms with van der Waals surface area (Å²) in [6, 6.07) is 32.4. The molecule has 0 unspecified atom stereocenters. The van der Waals surface area contributed by atoms with E-state index in [0.29, 0.717) is 0 Å². The number of hydrogen-bond donors (Lipinski definition) is 0. The zero-order chi connectivity index (χ0) is 17.7. The first-order valence-electron chi connectivity index (χ1n) is 8.64. The predicted molar refractivity (Wildman–Crippen MR) is 115 cm³/mol. The maximum absolute atomic E-state index is 2.43. The molecule has 3 aromatic carbocycles. The lowest BCUT2D eigenvalue weighted by Crippen LogP contribution is -2.23. The molecule has 0 atom stereocenters. The van der Waals surface area contributed by atoms with Gasteiger partial charge in [-0.2, -0.15) is 0 Å². The van der Waals surface area contributed by atoms with Gasteiger partial charge in [-0.15, -0.1) is 0 Å². The molecule has 0 aliphatic heterocycles. The summed E-state index contributed by atoms with van der Waals surface area (Å²) in [5.74, 6) is 0. The van der Waals surface area contributed by atoms with Gasteiger partial charge in [0.05, 0.1) is 8.07 Å². The standard InChI is InChI=1S/C23H24SSi/c1-25(2,3)23(24-21-17-11-6-12-18-21)22(19-13-7-4-8-14-19)20-15-9-5-10-16-20/h4-18H,1-3H3. The highest BCUT2D eigenvalue weighted by molar-refractivity contribution is 8.05. The second-order valence-electron chi connectivity index (χ2n) is 7.10. The molecule has 2 heteroatoms. The molecule has 0 fully saturated rings. The van der Waals surface area contributed by atoms with Crippen molar-refractivity contribution in [1.82, 2.24) is 0 Å². The molecule has 0 bridgehead atoms. The van der Waals surface area contributed by atoms with Crippen molar-refractivity contribution in [1.29, 1.82) is 0 Å². The molecule has 0 spiro atoms. The minimum absolute atomic E-state index is 1.30. The first kappa shape index (κ1) is 17.8. The molecule has 3 aromatic rings. The van der Waals surface area contributed by atoms with Gasteiger partial charge in [0.25, 0.3) is 0 Å². The smallest absolute Gasteiger partial charge is 0.0870 e. The van der Waals surface area contributed by atoms with Gasteiger partial charge in [-0.25, -0.2) is 0 Å². The Morgan fingerprint density at radius 1 is 0.600 bits per heavy atom. The minimum Gasteiger partial charge on any atom is -0.0985 e. The lowest BCUT2D eigenvalue weighted by molar-refractivity contribution is 1.47. The molecule has 0 heterocycles. The average molecular weight is 361 g/mol. The van der Waals surface area contributed by atoms with Gasteiger partial charge in [-0.1, -0.05) is 110 Å². The molecule has 0 aliphatic rings. The van der Waals surface area contributed by atoms with Crippen molar-refractivity contribution in [3.8, 4) is 0 Å². The first-order chi connectivity index (χ1) is 12.1. The van der Waals surface area contributed by atoms with Gasteiger partial charge in [0, 0.05) is 4.90 Å². The van der Waals surface area contributed by atoms with E-state index < -0.39 is 8.07 Å². The Morgan fingerprint density at radius 3 is 1.40 bits per heavy atom. The highest BCUT2D eigenvalue weighted by Gasteiger charge is 2.26. The second-order valence-corrected chi connectivity index (χ2v) is 13.5. The topological polar surface area (TPSA) is 0 Å². The Balaban J connectivity index is 2.23. The van der Waals surface area contributed by atoms with Gasteiger partial charge in [0.2, 0.25) is 0 Å². The fourth-order valence-electron chi connectivity index (χ4n) is 2.82. The molecule has 0 N–H and O–H groups in total. The Kier molecular flexibility index (Phi) is 5.62. The zero-order valence-corrected chi connectivity index (χ0v) is 16.9. The molecule has 0 saturated heterocycles. The predicted octanol–water partition coefficient (Wildman–Crippen LogP) is 7.12. The van der Waals surface area contributed by atoms with E-state index in [1.54, 1.807) is 0 Å². The highest BCUT2D eigenvalue weighted by Crippen LogP contribution is 2.41. The van der Waals surface area contributed by atoms with E-state index in [4.69, 9.17) is 0 Å². The van der Waals surface area contributed by atoms with Crippen LogP contribution in [0.15, 0.2) is 100 Å². The third-order valence-electron chi connectivity index (χ3n) is 4.00. The van der Waals surface area contributed by atoms with Crippen molar-refractivity contribution in [2.75, 3.05) is 0 Å². The van der Waals surface area contributed by atoms with Crippen LogP contribution in [-0.4, -0.2) is 8.07 Å². The van der Waals surface area contributed by atoms with Gasteiger partial charge < -0.3 is 0 Å². The van der Waals surface area contributed by atoms with E-state index in [0.717, 1.165) is 0 Å². The van der Waals surface area contributed by atoms with Crippen molar-refractivity contribution in [3.63, 3.8) is 0 Å². The zero-order valence-electron chi connectivity index (χ0n) is 15.1. The Labute approximate surface area is 156 Å². The minimum atomic E-state index is -1.56. The molecule has 25 heavy (non-hydrogen) atoms. The maximum atomic E-state index is 2.43. The first-order valence-corrected chi connectivity index (χ1v) is 13.0. The average Bonchev–Trinajstić information content (AvgIpc) is 2.63. The second kappa shape index (κ2) is 7.90. The summed E-state index contributed by atoms with van der Waals surface area (Å²) in [7, 11) is -1.56. The van der Waals surface area contributed by atoms with Crippen LogP contribution in [0.4, 0.5) is 0 Å². The van der Waals surface area contributed by atoms with Crippen LogP contribution >= 0.6 is 11.8 Å². The van der Waals surface area contributed by atoms with Crippen molar-refractivity contribution < 1.29 is 0 Å². The van der Waals surface area contributed by atoms with Crippen LogP contribution in [0.2, 0.25) is 19.6 Å². The summed E-state index contributed by atoms with van der Waals surface area (Å²) < 4.78 is 1.52. The van der Waals surface area contributed by atoms with E-state index in [2.05, 4.69) is 111 Å². The van der Waals surface area contributed by atoms with Gasteiger partial charge in [-0.3, -0.25) is 0 Å². The summed E-state index contributed by atoms with van der Waals surface area (Å²) in [6.45, 7) is 7.30. The fraction of sp³-hybridized carbons (Fsp3) is 0.130. The third kappa shape index (κ3) is 4.53. The molecule has 0 aromatic heterocycles. The molecule has 0 amide bonds. The number of hydrogen-bond acceptors (Lipinski definition) is 1. The molecule has 0 nitrogen and oxygen atoms in total.